The SMILES string of the molecule is Cn1cc(-c2ccc(C(C)(C)C)c(C(C)(C)C)n2)cn1. The van der Waals surface area contributed by atoms with Gasteiger partial charge in [0.05, 0.1) is 17.6 Å². The Hall–Kier alpha value is -1.64. The summed E-state index contributed by atoms with van der Waals surface area (Å²) in [4.78, 5) is 4.94. The van der Waals surface area contributed by atoms with Crippen molar-refractivity contribution >= 4 is 0 Å². The molecule has 2 aromatic heterocycles. The van der Waals surface area contributed by atoms with Crippen molar-refractivity contribution in [3.63, 3.8) is 0 Å². The fourth-order valence-electron chi connectivity index (χ4n) is 2.35. The molecule has 0 spiro atoms. The monoisotopic (exact) mass is 271 g/mol. The largest absolute Gasteiger partial charge is 0.275 e. The lowest BCUT2D eigenvalue weighted by Crippen LogP contribution is -2.23. The fourth-order valence-corrected chi connectivity index (χ4v) is 2.35. The summed E-state index contributed by atoms with van der Waals surface area (Å²) in [6.07, 6.45) is 3.87. The number of aryl methyl sites for hydroxylation is 1. The Morgan fingerprint density at radius 1 is 0.950 bits per heavy atom. The van der Waals surface area contributed by atoms with Crippen molar-refractivity contribution in [2.45, 2.75) is 52.4 Å². The number of rotatable bonds is 1. The Balaban J connectivity index is 2.61. The summed E-state index contributed by atoms with van der Waals surface area (Å²) >= 11 is 0. The van der Waals surface area contributed by atoms with Crippen LogP contribution in [0.15, 0.2) is 24.5 Å². The van der Waals surface area contributed by atoms with Crippen molar-refractivity contribution in [2.75, 3.05) is 0 Å². The maximum Gasteiger partial charge on any atom is 0.0737 e. The standard InChI is InChI=1S/C17H25N3/c1-16(2,3)13-8-9-14(12-10-18-20(7)11-12)19-15(13)17(4,5)6/h8-11H,1-7H3. The van der Waals surface area contributed by atoms with Gasteiger partial charge in [-0.25, -0.2) is 0 Å². The number of pyridine rings is 1. The van der Waals surface area contributed by atoms with E-state index in [2.05, 4.69) is 58.8 Å². The van der Waals surface area contributed by atoms with Crippen LogP contribution in [0.25, 0.3) is 11.3 Å². The van der Waals surface area contributed by atoms with Crippen molar-refractivity contribution in [3.8, 4) is 11.3 Å². The number of hydrogen-bond acceptors (Lipinski definition) is 2. The minimum absolute atomic E-state index is 0.0286. The summed E-state index contributed by atoms with van der Waals surface area (Å²) in [6.45, 7) is 13.4. The van der Waals surface area contributed by atoms with Crippen LogP contribution >= 0.6 is 0 Å². The minimum Gasteiger partial charge on any atom is -0.275 e. The predicted molar refractivity (Wildman–Crippen MR) is 83.8 cm³/mol. The first-order valence-electron chi connectivity index (χ1n) is 7.10. The molecule has 0 saturated heterocycles. The van der Waals surface area contributed by atoms with Gasteiger partial charge in [0.15, 0.2) is 0 Å². The molecule has 0 aliphatic rings. The van der Waals surface area contributed by atoms with E-state index in [1.807, 2.05) is 24.1 Å². The second-order valence-corrected chi connectivity index (χ2v) is 7.50. The lowest BCUT2D eigenvalue weighted by atomic mass is 9.78. The lowest BCUT2D eigenvalue weighted by Gasteiger charge is -2.29. The molecule has 0 fully saturated rings. The Morgan fingerprint density at radius 3 is 2.05 bits per heavy atom. The van der Waals surface area contributed by atoms with E-state index >= 15 is 0 Å². The molecule has 3 heteroatoms. The van der Waals surface area contributed by atoms with E-state index in [-0.39, 0.29) is 10.8 Å². The molecule has 0 amide bonds. The molecule has 0 saturated carbocycles. The summed E-state index contributed by atoms with van der Waals surface area (Å²) in [5.74, 6) is 0. The predicted octanol–water partition coefficient (Wildman–Crippen LogP) is 4.08. The molecule has 0 aliphatic heterocycles. The highest BCUT2D eigenvalue weighted by molar-refractivity contribution is 5.58. The molecule has 3 nitrogen and oxygen atoms in total. The van der Waals surface area contributed by atoms with Gasteiger partial charge in [0.2, 0.25) is 0 Å². The molecule has 0 aromatic carbocycles. The molecule has 2 aromatic rings. The molecule has 0 unspecified atom stereocenters. The molecular weight excluding hydrogens is 246 g/mol. The van der Waals surface area contributed by atoms with Gasteiger partial charge in [0.25, 0.3) is 0 Å². The van der Waals surface area contributed by atoms with E-state index in [0.29, 0.717) is 0 Å². The third-order valence-corrected chi connectivity index (χ3v) is 3.41. The van der Waals surface area contributed by atoms with Gasteiger partial charge in [-0.05, 0) is 17.0 Å². The van der Waals surface area contributed by atoms with Gasteiger partial charge in [-0.1, -0.05) is 47.6 Å². The molecule has 2 rings (SSSR count). The highest BCUT2D eigenvalue weighted by Gasteiger charge is 2.27. The number of hydrogen-bond donors (Lipinski definition) is 0. The van der Waals surface area contributed by atoms with Crippen molar-refractivity contribution in [2.24, 2.45) is 7.05 Å². The van der Waals surface area contributed by atoms with Crippen molar-refractivity contribution in [1.82, 2.24) is 14.8 Å². The van der Waals surface area contributed by atoms with Crippen molar-refractivity contribution in [3.05, 3.63) is 35.8 Å². The van der Waals surface area contributed by atoms with Crippen LogP contribution in [-0.4, -0.2) is 14.8 Å². The molecule has 0 atom stereocenters. The topological polar surface area (TPSA) is 30.7 Å². The molecule has 0 radical (unpaired) electrons. The average Bonchev–Trinajstić information content (AvgIpc) is 2.73. The first kappa shape index (κ1) is 14.8. The van der Waals surface area contributed by atoms with Crippen LogP contribution in [0.4, 0.5) is 0 Å². The van der Waals surface area contributed by atoms with E-state index in [1.54, 1.807) is 0 Å². The number of aromatic nitrogens is 3. The summed E-state index contributed by atoms with van der Waals surface area (Å²) in [5, 5.41) is 4.23. The van der Waals surface area contributed by atoms with Crippen LogP contribution < -0.4 is 0 Å². The molecule has 0 aliphatic carbocycles. The second kappa shape index (κ2) is 4.72. The van der Waals surface area contributed by atoms with Crippen LogP contribution in [0.3, 0.4) is 0 Å². The quantitative estimate of drug-likeness (QED) is 0.782. The van der Waals surface area contributed by atoms with Gasteiger partial charge in [-0.3, -0.25) is 9.67 Å². The third kappa shape index (κ3) is 2.92. The average molecular weight is 271 g/mol. The summed E-state index contributed by atoms with van der Waals surface area (Å²) < 4.78 is 1.81. The molecule has 2 heterocycles. The second-order valence-electron chi connectivity index (χ2n) is 7.50. The maximum atomic E-state index is 4.94. The molecule has 20 heavy (non-hydrogen) atoms. The van der Waals surface area contributed by atoms with Crippen molar-refractivity contribution in [1.29, 1.82) is 0 Å². The molecule has 108 valence electrons. The van der Waals surface area contributed by atoms with Crippen LogP contribution in [0.5, 0.6) is 0 Å². The van der Waals surface area contributed by atoms with Crippen LogP contribution in [0.2, 0.25) is 0 Å². The van der Waals surface area contributed by atoms with Gasteiger partial charge in [0, 0.05) is 24.2 Å². The van der Waals surface area contributed by atoms with Gasteiger partial charge in [0.1, 0.15) is 0 Å². The van der Waals surface area contributed by atoms with Crippen molar-refractivity contribution < 1.29 is 0 Å². The Kier molecular flexibility index (Phi) is 3.49. The Labute approximate surface area is 122 Å². The van der Waals surface area contributed by atoms with E-state index < -0.39 is 0 Å². The first-order valence-corrected chi connectivity index (χ1v) is 7.10. The van der Waals surface area contributed by atoms with Gasteiger partial charge >= 0.3 is 0 Å². The summed E-state index contributed by atoms with van der Waals surface area (Å²) in [7, 11) is 1.93. The normalized spacial score (nSPS) is 12.8. The summed E-state index contributed by atoms with van der Waals surface area (Å²) in [6, 6.07) is 4.32. The van der Waals surface area contributed by atoms with Crippen LogP contribution in [-0.2, 0) is 17.9 Å². The van der Waals surface area contributed by atoms with E-state index in [0.717, 1.165) is 11.3 Å². The van der Waals surface area contributed by atoms with Gasteiger partial charge in [-0.15, -0.1) is 0 Å². The smallest absolute Gasteiger partial charge is 0.0737 e. The van der Waals surface area contributed by atoms with E-state index in [9.17, 15) is 0 Å². The lowest BCUT2D eigenvalue weighted by molar-refractivity contribution is 0.514. The zero-order chi connectivity index (χ0) is 15.1. The van der Waals surface area contributed by atoms with Crippen LogP contribution in [0, 0.1) is 0 Å². The van der Waals surface area contributed by atoms with E-state index in [1.165, 1.54) is 11.3 Å². The maximum absolute atomic E-state index is 4.94. The zero-order valence-corrected chi connectivity index (χ0v) is 13.7. The van der Waals surface area contributed by atoms with Gasteiger partial charge in [-0.2, -0.15) is 5.10 Å². The molecular formula is C17H25N3. The third-order valence-electron chi connectivity index (χ3n) is 3.41. The highest BCUT2D eigenvalue weighted by Crippen LogP contribution is 2.34. The fraction of sp³-hybridized carbons (Fsp3) is 0.529. The van der Waals surface area contributed by atoms with E-state index in [4.69, 9.17) is 4.98 Å². The summed E-state index contributed by atoms with van der Waals surface area (Å²) in [5.41, 5.74) is 4.68. The number of nitrogens with zero attached hydrogens (tertiary/aromatic N) is 3. The van der Waals surface area contributed by atoms with Gasteiger partial charge < -0.3 is 0 Å². The minimum atomic E-state index is 0.0286. The van der Waals surface area contributed by atoms with Crippen LogP contribution in [0.1, 0.15) is 52.8 Å². The zero-order valence-electron chi connectivity index (χ0n) is 13.7. The highest BCUT2D eigenvalue weighted by atomic mass is 15.2. The Bertz CT molecular complexity index is 610. The first-order chi connectivity index (χ1) is 9.09. The molecule has 0 bridgehead atoms. The molecule has 0 N–H and O–H groups in total. The Morgan fingerprint density at radius 2 is 1.60 bits per heavy atom.